The summed E-state index contributed by atoms with van der Waals surface area (Å²) in [6.07, 6.45) is 23.9. The van der Waals surface area contributed by atoms with E-state index in [1.165, 1.54) is 109 Å². The molecule has 0 aliphatic carbocycles. The second-order valence-electron chi connectivity index (χ2n) is 7.97. The lowest BCUT2D eigenvalue weighted by atomic mass is 10.0. The first kappa shape index (κ1) is 27.4. The third-order valence-corrected chi connectivity index (χ3v) is 5.38. The Labute approximate surface area is 175 Å². The van der Waals surface area contributed by atoms with Crippen LogP contribution in [0.1, 0.15) is 122 Å². The maximum absolute atomic E-state index is 9.88. The van der Waals surface area contributed by atoms with Crippen molar-refractivity contribution in [3.05, 3.63) is 0 Å². The van der Waals surface area contributed by atoms with Crippen LogP contribution in [0.5, 0.6) is 0 Å². The minimum atomic E-state index is -0.0643. The topological polar surface area (TPSA) is 44.8 Å². The molecule has 0 aromatic heterocycles. The van der Waals surface area contributed by atoms with E-state index in [1.54, 1.807) is 7.11 Å². The van der Waals surface area contributed by atoms with Gasteiger partial charge in [0.05, 0.1) is 6.61 Å². The van der Waals surface area contributed by atoms with Gasteiger partial charge in [0.1, 0.15) is 0 Å². The van der Waals surface area contributed by atoms with E-state index >= 15 is 0 Å². The average Bonchev–Trinajstić information content (AvgIpc) is 2.71. The molecule has 4 heteroatoms. The normalized spacial score (nSPS) is 12.2. The van der Waals surface area contributed by atoms with Crippen LogP contribution in [0.3, 0.4) is 0 Å². The van der Waals surface area contributed by atoms with Crippen molar-refractivity contribution in [2.45, 2.75) is 129 Å². The molecule has 0 heterocycles. The predicted octanol–water partition coefficient (Wildman–Crippen LogP) is 7.10. The molecule has 0 bridgehead atoms. The highest BCUT2D eigenvalue weighted by atomic mass is 16.7. The van der Waals surface area contributed by atoms with Crippen LogP contribution in [0.25, 0.3) is 0 Å². The molecular weight excluding hydrogens is 352 g/mol. The zero-order chi connectivity index (χ0) is 20.5. The van der Waals surface area contributed by atoms with Crippen molar-refractivity contribution in [2.75, 3.05) is 20.3 Å². The molecule has 0 spiro atoms. The van der Waals surface area contributed by atoms with Crippen molar-refractivity contribution in [2.24, 2.45) is 0 Å². The summed E-state index contributed by atoms with van der Waals surface area (Å²) < 4.78 is 15.1. The number of hydrogen-bond acceptors (Lipinski definition) is 4. The summed E-state index contributed by atoms with van der Waals surface area (Å²) in [7, 11) is 1.69. The van der Waals surface area contributed by atoms with Gasteiger partial charge >= 0.3 is 6.47 Å². The quantitative estimate of drug-likeness (QED) is 0.128. The molecule has 0 amide bonds. The van der Waals surface area contributed by atoms with Crippen LogP contribution >= 0.6 is 0 Å². The lowest BCUT2D eigenvalue weighted by molar-refractivity contribution is -0.111. The summed E-state index contributed by atoms with van der Waals surface area (Å²) in [6, 6.07) is 0. The van der Waals surface area contributed by atoms with Crippen molar-refractivity contribution in [1.82, 2.24) is 0 Å². The molecule has 0 aliphatic rings. The third-order valence-electron chi connectivity index (χ3n) is 5.38. The molecule has 0 fully saturated rings. The van der Waals surface area contributed by atoms with E-state index in [9.17, 15) is 4.79 Å². The molecule has 0 aromatic carbocycles. The molecule has 0 saturated carbocycles. The lowest BCUT2D eigenvalue weighted by Crippen LogP contribution is -2.10. The fourth-order valence-electron chi connectivity index (χ4n) is 3.46. The molecule has 0 aromatic rings. The molecule has 0 aliphatic heterocycles. The van der Waals surface area contributed by atoms with E-state index in [0.717, 1.165) is 19.4 Å². The molecule has 0 saturated heterocycles. The van der Waals surface area contributed by atoms with Crippen LogP contribution in [0, 0.1) is 0 Å². The Kier molecular flexibility index (Phi) is 23.9. The first-order valence-electron chi connectivity index (χ1n) is 11.9. The minimum Gasteiger partial charge on any atom is -0.457 e. The molecule has 167 valence electrons. The van der Waals surface area contributed by atoms with Gasteiger partial charge in [-0.25, -0.2) is 4.79 Å². The summed E-state index contributed by atoms with van der Waals surface area (Å²) in [5, 5.41) is 0. The number of carbonyl (C=O) groups excluding carboxylic acids is 1. The van der Waals surface area contributed by atoms with Crippen molar-refractivity contribution in [3.8, 4) is 0 Å². The Hall–Kier alpha value is -0.610. The van der Waals surface area contributed by atoms with Crippen LogP contribution in [-0.2, 0) is 19.0 Å². The van der Waals surface area contributed by atoms with Crippen LogP contribution in [-0.4, -0.2) is 33.1 Å². The molecule has 1 radical (unpaired) electrons. The van der Waals surface area contributed by atoms with E-state index in [1.807, 2.05) is 6.92 Å². The van der Waals surface area contributed by atoms with Gasteiger partial charge in [0, 0.05) is 13.7 Å². The first-order chi connectivity index (χ1) is 13.8. The molecular formula is C24H47O4. The van der Waals surface area contributed by atoms with E-state index in [0.29, 0.717) is 6.61 Å². The third kappa shape index (κ3) is 23.4. The fourth-order valence-corrected chi connectivity index (χ4v) is 3.46. The van der Waals surface area contributed by atoms with Gasteiger partial charge in [0.15, 0.2) is 6.29 Å². The molecule has 1 atom stereocenters. The Morgan fingerprint density at radius 2 is 0.893 bits per heavy atom. The van der Waals surface area contributed by atoms with Gasteiger partial charge in [-0.15, -0.1) is 0 Å². The molecule has 28 heavy (non-hydrogen) atoms. The second-order valence-corrected chi connectivity index (χ2v) is 7.97. The molecule has 0 rings (SSSR count). The Morgan fingerprint density at radius 1 is 0.571 bits per heavy atom. The molecule has 1 unspecified atom stereocenters. The number of ether oxygens (including phenoxy) is 3. The van der Waals surface area contributed by atoms with Gasteiger partial charge in [-0.1, -0.05) is 103 Å². The molecule has 4 nitrogen and oxygen atoms in total. The highest BCUT2D eigenvalue weighted by molar-refractivity contribution is 5.37. The summed E-state index contributed by atoms with van der Waals surface area (Å²) in [5.41, 5.74) is 0. The lowest BCUT2D eigenvalue weighted by Gasteiger charge is -2.10. The van der Waals surface area contributed by atoms with Crippen molar-refractivity contribution in [3.63, 3.8) is 0 Å². The van der Waals surface area contributed by atoms with E-state index < -0.39 is 0 Å². The maximum atomic E-state index is 9.88. The number of unbranched alkanes of at least 4 members (excludes halogenated alkanes) is 17. The Bertz CT molecular complexity index is 296. The second kappa shape index (κ2) is 24.4. The number of rotatable bonds is 24. The van der Waals surface area contributed by atoms with E-state index in [4.69, 9.17) is 9.47 Å². The zero-order valence-corrected chi connectivity index (χ0v) is 18.9. The Balaban J connectivity index is 3.00. The van der Waals surface area contributed by atoms with E-state index in [2.05, 4.69) is 4.74 Å². The zero-order valence-electron chi connectivity index (χ0n) is 18.9. The van der Waals surface area contributed by atoms with Gasteiger partial charge in [-0.3, -0.25) is 0 Å². The fraction of sp³-hybridized carbons (Fsp3) is 0.958. The highest BCUT2D eigenvalue weighted by Gasteiger charge is 1.98. The van der Waals surface area contributed by atoms with Gasteiger partial charge in [0.2, 0.25) is 0 Å². The van der Waals surface area contributed by atoms with Gasteiger partial charge in [0.25, 0.3) is 0 Å². The summed E-state index contributed by atoms with van der Waals surface area (Å²) in [6.45, 7) is 4.78. The monoisotopic (exact) mass is 399 g/mol. The predicted molar refractivity (Wildman–Crippen MR) is 117 cm³/mol. The van der Waals surface area contributed by atoms with Crippen LogP contribution in [0.15, 0.2) is 0 Å². The average molecular weight is 400 g/mol. The minimum absolute atomic E-state index is 0.0643. The highest BCUT2D eigenvalue weighted by Crippen LogP contribution is 2.14. The van der Waals surface area contributed by atoms with E-state index in [-0.39, 0.29) is 6.29 Å². The van der Waals surface area contributed by atoms with Crippen LogP contribution in [0.4, 0.5) is 0 Å². The van der Waals surface area contributed by atoms with Crippen molar-refractivity contribution < 1.29 is 19.0 Å². The summed E-state index contributed by atoms with van der Waals surface area (Å²) in [5.74, 6) is 0. The SMILES string of the molecule is COC(C)OCCCCCCCCCCCCCCCCCCCCO[C]=O. The summed E-state index contributed by atoms with van der Waals surface area (Å²) in [4.78, 5) is 9.88. The summed E-state index contributed by atoms with van der Waals surface area (Å²) >= 11 is 0. The van der Waals surface area contributed by atoms with Crippen molar-refractivity contribution in [1.29, 1.82) is 0 Å². The smallest absolute Gasteiger partial charge is 0.417 e. The van der Waals surface area contributed by atoms with Gasteiger partial charge in [-0.2, -0.15) is 0 Å². The molecule has 0 N–H and O–H groups in total. The first-order valence-corrected chi connectivity index (χ1v) is 11.9. The standard InChI is InChI=1S/C24H47O4/c1-24(26-2)28-22-20-18-16-14-12-10-8-6-4-3-5-7-9-11-13-15-17-19-21-27-23-25/h24H,3-22H2,1-2H3. The maximum Gasteiger partial charge on any atom is 0.417 e. The largest absolute Gasteiger partial charge is 0.457 e. The van der Waals surface area contributed by atoms with Gasteiger partial charge < -0.3 is 14.2 Å². The number of methoxy groups -OCH3 is 1. The van der Waals surface area contributed by atoms with Crippen LogP contribution < -0.4 is 0 Å². The van der Waals surface area contributed by atoms with Crippen molar-refractivity contribution >= 4 is 6.47 Å². The van der Waals surface area contributed by atoms with Crippen LogP contribution in [0.2, 0.25) is 0 Å². The number of hydrogen-bond donors (Lipinski definition) is 0. The van der Waals surface area contributed by atoms with Gasteiger partial charge in [-0.05, 0) is 19.8 Å². The Morgan fingerprint density at radius 3 is 1.21 bits per heavy atom.